The van der Waals surface area contributed by atoms with Gasteiger partial charge in [0.2, 0.25) is 0 Å². The maximum Gasteiger partial charge on any atom is 0.0619 e. The predicted molar refractivity (Wildman–Crippen MR) is 184 cm³/mol. The molecule has 43 heavy (non-hydrogen) atoms. The molecule has 0 unspecified atom stereocenters. The van der Waals surface area contributed by atoms with Crippen molar-refractivity contribution in [3.63, 3.8) is 0 Å². The molecule has 0 saturated carbocycles. The summed E-state index contributed by atoms with van der Waals surface area (Å²) in [4.78, 5) is 0. The van der Waals surface area contributed by atoms with Crippen molar-refractivity contribution in [1.29, 1.82) is 0 Å². The zero-order valence-corrected chi connectivity index (χ0v) is 23.5. The number of nitrogens with zero attached hydrogens (tertiary/aromatic N) is 1. The number of benzene rings is 8. The Kier molecular flexibility index (Phi) is 5.27. The molecule has 1 nitrogen and oxygen atoms in total. The van der Waals surface area contributed by atoms with E-state index in [2.05, 4.69) is 168 Å². The fourth-order valence-electron chi connectivity index (χ4n) is 7.05. The average Bonchev–Trinajstić information content (AvgIpc) is 3.42. The third-order valence-corrected chi connectivity index (χ3v) is 8.95. The first kappa shape index (κ1) is 24.0. The topological polar surface area (TPSA) is 4.93 Å². The molecule has 9 rings (SSSR count). The lowest BCUT2D eigenvalue weighted by molar-refractivity contribution is 1.19. The number of hydrogen-bond acceptors (Lipinski definition) is 0. The first-order valence-electron chi connectivity index (χ1n) is 14.9. The second-order valence-corrected chi connectivity index (χ2v) is 11.3. The maximum atomic E-state index is 2.45. The van der Waals surface area contributed by atoms with Crippen molar-refractivity contribution < 1.29 is 0 Å². The number of hydrogen-bond donors (Lipinski definition) is 0. The van der Waals surface area contributed by atoms with Crippen molar-refractivity contribution >= 4 is 54.1 Å². The number of aromatic nitrogens is 1. The first-order valence-corrected chi connectivity index (χ1v) is 14.9. The second-order valence-electron chi connectivity index (χ2n) is 11.3. The standard InChI is InChI=1S/C42H27N/c1-2-12-28(13-3-1)38-27-39-36-19-10-11-21-40(36)43(42(39)37-20-9-8-18-35(37)38)32-24-22-29(23-25-32)41-33-16-6-4-14-30(33)26-31-15-5-7-17-34(31)41/h1-27H. The average molecular weight is 546 g/mol. The molecule has 0 aliphatic rings. The molecule has 0 radical (unpaired) electrons. The van der Waals surface area contributed by atoms with Crippen molar-refractivity contribution in [2.45, 2.75) is 0 Å². The van der Waals surface area contributed by atoms with Crippen LogP contribution >= 0.6 is 0 Å². The van der Waals surface area contributed by atoms with E-state index in [4.69, 9.17) is 0 Å². The summed E-state index contributed by atoms with van der Waals surface area (Å²) in [7, 11) is 0. The molecule has 1 heterocycles. The molecule has 9 aromatic rings. The molecule has 0 N–H and O–H groups in total. The molecule has 0 atom stereocenters. The molecule has 0 fully saturated rings. The minimum atomic E-state index is 1.16. The van der Waals surface area contributed by atoms with E-state index >= 15 is 0 Å². The third-order valence-electron chi connectivity index (χ3n) is 8.95. The van der Waals surface area contributed by atoms with E-state index in [9.17, 15) is 0 Å². The van der Waals surface area contributed by atoms with Gasteiger partial charge in [0.15, 0.2) is 0 Å². The number of rotatable bonds is 3. The Hall–Kier alpha value is -5.66. The van der Waals surface area contributed by atoms with Gasteiger partial charge in [0, 0.05) is 21.8 Å². The molecule has 0 aliphatic heterocycles. The fourth-order valence-corrected chi connectivity index (χ4v) is 7.05. The second kappa shape index (κ2) is 9.44. The first-order chi connectivity index (χ1) is 21.3. The van der Waals surface area contributed by atoms with Crippen LogP contribution in [0.3, 0.4) is 0 Å². The van der Waals surface area contributed by atoms with Gasteiger partial charge in [0.05, 0.1) is 11.0 Å². The Bertz CT molecular complexity index is 2430. The molecule has 0 saturated heterocycles. The molecule has 0 spiro atoms. The summed E-state index contributed by atoms with van der Waals surface area (Å²) in [5.41, 5.74) is 8.66. The van der Waals surface area contributed by atoms with Crippen LogP contribution in [-0.2, 0) is 0 Å². The summed E-state index contributed by atoms with van der Waals surface area (Å²) < 4.78 is 2.45. The molecule has 200 valence electrons. The molecule has 1 aromatic heterocycles. The van der Waals surface area contributed by atoms with E-state index in [0.29, 0.717) is 0 Å². The van der Waals surface area contributed by atoms with Gasteiger partial charge >= 0.3 is 0 Å². The minimum Gasteiger partial charge on any atom is -0.309 e. The quantitative estimate of drug-likeness (QED) is 0.195. The summed E-state index contributed by atoms with van der Waals surface area (Å²) in [6.45, 7) is 0. The highest BCUT2D eigenvalue weighted by Gasteiger charge is 2.18. The van der Waals surface area contributed by atoms with Crippen molar-refractivity contribution in [1.82, 2.24) is 4.57 Å². The molecule has 0 amide bonds. The van der Waals surface area contributed by atoms with E-state index in [0.717, 1.165) is 5.69 Å². The van der Waals surface area contributed by atoms with Crippen LogP contribution in [0.5, 0.6) is 0 Å². The van der Waals surface area contributed by atoms with Crippen LogP contribution < -0.4 is 0 Å². The zero-order chi connectivity index (χ0) is 28.3. The van der Waals surface area contributed by atoms with E-state index in [1.807, 2.05) is 0 Å². The molecule has 8 aromatic carbocycles. The van der Waals surface area contributed by atoms with Crippen molar-refractivity contribution in [2.75, 3.05) is 0 Å². The zero-order valence-electron chi connectivity index (χ0n) is 23.5. The highest BCUT2D eigenvalue weighted by Crippen LogP contribution is 2.42. The molecule has 0 bridgehead atoms. The van der Waals surface area contributed by atoms with Crippen LogP contribution in [0, 0.1) is 0 Å². The Balaban J connectivity index is 1.32. The van der Waals surface area contributed by atoms with Crippen LogP contribution in [0.1, 0.15) is 0 Å². The highest BCUT2D eigenvalue weighted by atomic mass is 15.0. The van der Waals surface area contributed by atoms with Crippen molar-refractivity contribution in [3.8, 4) is 27.9 Å². The Labute approximate surface area is 249 Å². The summed E-state index contributed by atoms with van der Waals surface area (Å²) >= 11 is 0. The molecule has 0 aliphatic carbocycles. The van der Waals surface area contributed by atoms with Crippen LogP contribution in [0.2, 0.25) is 0 Å². The smallest absolute Gasteiger partial charge is 0.0619 e. The fraction of sp³-hybridized carbons (Fsp3) is 0. The van der Waals surface area contributed by atoms with Gasteiger partial charge in [-0.3, -0.25) is 0 Å². The van der Waals surface area contributed by atoms with Crippen molar-refractivity contribution in [3.05, 3.63) is 164 Å². The summed E-state index contributed by atoms with van der Waals surface area (Å²) in [6.07, 6.45) is 0. The maximum absolute atomic E-state index is 2.45. The van der Waals surface area contributed by atoms with E-state index < -0.39 is 0 Å². The van der Waals surface area contributed by atoms with Crippen LogP contribution in [0.4, 0.5) is 0 Å². The van der Waals surface area contributed by atoms with E-state index in [1.165, 1.54) is 76.4 Å². The number of fused-ring (bicyclic) bond motifs is 7. The molecule has 1 heteroatoms. The van der Waals surface area contributed by atoms with Crippen LogP contribution in [0.25, 0.3) is 82.1 Å². The monoisotopic (exact) mass is 545 g/mol. The SMILES string of the molecule is c1ccc(-c2cc3c4ccccc4n(-c4ccc(-c5c6ccccc6cc6ccccc56)cc4)c3c3ccccc23)cc1. The molecular formula is C42H27N. The van der Waals surface area contributed by atoms with E-state index in [1.54, 1.807) is 0 Å². The summed E-state index contributed by atoms with van der Waals surface area (Å²) in [5.74, 6) is 0. The Morgan fingerprint density at radius 3 is 1.60 bits per heavy atom. The van der Waals surface area contributed by atoms with Gasteiger partial charge in [-0.2, -0.15) is 0 Å². The Morgan fingerprint density at radius 1 is 0.349 bits per heavy atom. The van der Waals surface area contributed by atoms with Crippen LogP contribution in [0.15, 0.2) is 164 Å². The van der Waals surface area contributed by atoms with Gasteiger partial charge in [-0.25, -0.2) is 0 Å². The van der Waals surface area contributed by atoms with E-state index in [-0.39, 0.29) is 0 Å². The number of para-hydroxylation sites is 1. The lowest BCUT2D eigenvalue weighted by Gasteiger charge is -2.15. The van der Waals surface area contributed by atoms with Gasteiger partial charge in [0.25, 0.3) is 0 Å². The minimum absolute atomic E-state index is 1.16. The third kappa shape index (κ3) is 3.65. The van der Waals surface area contributed by atoms with Gasteiger partial charge in [-0.1, -0.05) is 133 Å². The normalized spacial score (nSPS) is 11.7. The van der Waals surface area contributed by atoms with Crippen LogP contribution in [-0.4, -0.2) is 4.57 Å². The molecular weight excluding hydrogens is 518 g/mol. The summed E-state index contributed by atoms with van der Waals surface area (Å²) in [5, 5.41) is 10.2. The van der Waals surface area contributed by atoms with Gasteiger partial charge in [-0.05, 0) is 79.5 Å². The van der Waals surface area contributed by atoms with Crippen molar-refractivity contribution in [2.24, 2.45) is 0 Å². The lowest BCUT2D eigenvalue weighted by atomic mass is 9.92. The predicted octanol–water partition coefficient (Wildman–Crippen LogP) is 11.6. The highest BCUT2D eigenvalue weighted by molar-refractivity contribution is 6.22. The van der Waals surface area contributed by atoms with Gasteiger partial charge < -0.3 is 4.57 Å². The summed E-state index contributed by atoms with van der Waals surface area (Å²) in [6, 6.07) is 59.7. The van der Waals surface area contributed by atoms with Gasteiger partial charge in [-0.15, -0.1) is 0 Å². The lowest BCUT2D eigenvalue weighted by Crippen LogP contribution is -1.95. The largest absolute Gasteiger partial charge is 0.309 e. The Morgan fingerprint density at radius 2 is 0.907 bits per heavy atom. The van der Waals surface area contributed by atoms with Gasteiger partial charge in [0.1, 0.15) is 0 Å².